The Morgan fingerprint density at radius 1 is 0.136 bits per heavy atom. The Morgan fingerprint density at radius 2 is 0.333 bits per heavy atom. The zero-order valence-corrected chi connectivity index (χ0v) is 83.1. The van der Waals surface area contributed by atoms with E-state index in [0.717, 1.165) is 62.6 Å². The maximum absolute atomic E-state index is 2.41. The lowest BCUT2D eigenvalue weighted by atomic mass is 9.82. The molecule has 147 heavy (non-hydrogen) atoms. The number of para-hydroxylation sites is 8. The van der Waals surface area contributed by atoms with Gasteiger partial charge in [0.15, 0.2) is 0 Å². The maximum Gasteiger partial charge on any atom is 0.0541 e. The molecule has 0 bridgehead atoms. The van der Waals surface area contributed by atoms with Gasteiger partial charge in [-0.2, -0.15) is 0 Å². The van der Waals surface area contributed by atoms with E-state index in [9.17, 15) is 0 Å². The van der Waals surface area contributed by atoms with Crippen molar-refractivity contribution in [3.8, 4) is 89.3 Å². The van der Waals surface area contributed by atoms with E-state index in [4.69, 9.17) is 0 Å². The summed E-state index contributed by atoms with van der Waals surface area (Å²) in [7, 11) is 0. The molecule has 2 aromatic heterocycles. The first-order valence-electron chi connectivity index (χ1n) is 51.1. The predicted octanol–water partition coefficient (Wildman–Crippen LogP) is 38.7. The van der Waals surface area contributed by atoms with Crippen LogP contribution in [0, 0.1) is 0 Å². The molecule has 702 valence electrons. The monoisotopic (exact) mass is 1880 g/mol. The lowest BCUT2D eigenvalue weighted by Gasteiger charge is -2.28. The summed E-state index contributed by atoms with van der Waals surface area (Å²) in [4.78, 5) is 9.43. The molecule has 3 aliphatic rings. The van der Waals surface area contributed by atoms with E-state index in [0.29, 0.717) is 0 Å². The minimum absolute atomic E-state index is 0.0586. The van der Waals surface area contributed by atoms with Crippen LogP contribution in [-0.2, 0) is 16.2 Å². The van der Waals surface area contributed by atoms with Gasteiger partial charge in [0.05, 0.1) is 22.1 Å². The average molecular weight is 1890 g/mol. The first-order valence-corrected chi connectivity index (χ1v) is 51.1. The third kappa shape index (κ3) is 16.3. The van der Waals surface area contributed by atoms with E-state index >= 15 is 0 Å². The quantitative estimate of drug-likeness (QED) is 0.0854. The van der Waals surface area contributed by atoms with Crippen molar-refractivity contribution in [2.45, 2.75) is 57.8 Å². The van der Waals surface area contributed by atoms with Gasteiger partial charge in [0.2, 0.25) is 0 Å². The Morgan fingerprint density at radius 3 is 0.626 bits per heavy atom. The van der Waals surface area contributed by atoms with Crippen LogP contribution in [0.4, 0.5) is 68.2 Å². The van der Waals surface area contributed by atoms with Crippen molar-refractivity contribution in [1.29, 1.82) is 0 Å². The summed E-state index contributed by atoms with van der Waals surface area (Å²) in [6.45, 7) is 14.1. The van der Waals surface area contributed by atoms with Crippen molar-refractivity contribution in [2.24, 2.45) is 0 Å². The summed E-state index contributed by atoms with van der Waals surface area (Å²) < 4.78 is 4.74. The van der Waals surface area contributed by atoms with Crippen LogP contribution >= 0.6 is 0 Å². The first kappa shape index (κ1) is 90.0. The van der Waals surface area contributed by atoms with E-state index in [-0.39, 0.29) is 16.2 Å². The summed E-state index contributed by atoms with van der Waals surface area (Å²) in [5.74, 6) is 0. The Bertz CT molecular complexity index is 8950. The van der Waals surface area contributed by atoms with Crippen LogP contribution in [0.3, 0.4) is 0 Å². The molecule has 2 heterocycles. The highest BCUT2D eigenvalue weighted by Gasteiger charge is 2.40. The third-order valence-electron chi connectivity index (χ3n) is 30.6. The summed E-state index contributed by atoms with van der Waals surface area (Å²) in [6, 6.07) is 198. The Balaban J connectivity index is 0.000000115. The summed E-state index contributed by atoms with van der Waals surface area (Å²) in [5.41, 5.74) is 46.6. The van der Waals surface area contributed by atoms with Gasteiger partial charge in [0.25, 0.3) is 0 Å². The largest absolute Gasteiger partial charge is 0.311 e. The zero-order valence-electron chi connectivity index (χ0n) is 83.1. The Kier molecular flexibility index (Phi) is 22.9. The Labute approximate surface area is 860 Å². The fraction of sp³-hybridized carbons (Fsp3) is 0.0638. The van der Waals surface area contributed by atoms with E-state index in [1.165, 1.54) is 172 Å². The van der Waals surface area contributed by atoms with Gasteiger partial charge in [0, 0.05) is 117 Å². The normalized spacial score (nSPS) is 12.9. The second kappa shape index (κ2) is 37.5. The molecule has 0 saturated heterocycles. The topological polar surface area (TPSA) is 22.8 Å². The fourth-order valence-corrected chi connectivity index (χ4v) is 23.3. The van der Waals surface area contributed by atoms with Gasteiger partial charge in [-0.1, -0.05) is 381 Å². The van der Waals surface area contributed by atoms with Crippen molar-refractivity contribution < 1.29 is 0 Å². The minimum atomic E-state index is -0.0864. The van der Waals surface area contributed by atoms with Crippen LogP contribution in [0.15, 0.2) is 546 Å². The van der Waals surface area contributed by atoms with Crippen molar-refractivity contribution in [3.63, 3.8) is 0 Å². The van der Waals surface area contributed by atoms with Gasteiger partial charge in [-0.3, -0.25) is 0 Å². The molecule has 24 aromatic rings. The van der Waals surface area contributed by atoms with Gasteiger partial charge in [0.1, 0.15) is 0 Å². The highest BCUT2D eigenvalue weighted by Crippen LogP contribution is 2.56. The van der Waals surface area contributed by atoms with Crippen LogP contribution in [0.25, 0.3) is 133 Å². The van der Waals surface area contributed by atoms with Crippen LogP contribution in [0.1, 0.15) is 74.9 Å². The molecule has 0 unspecified atom stereocenters. The van der Waals surface area contributed by atoms with Crippen LogP contribution in [0.2, 0.25) is 0 Å². The fourth-order valence-electron chi connectivity index (χ4n) is 23.3. The molecule has 6 heteroatoms. The first-order chi connectivity index (χ1) is 72.2. The molecule has 3 aliphatic carbocycles. The summed E-state index contributed by atoms with van der Waals surface area (Å²) in [5, 5.41) is 5.05. The maximum atomic E-state index is 2.41. The van der Waals surface area contributed by atoms with E-state index in [1.807, 2.05) is 0 Å². The third-order valence-corrected chi connectivity index (χ3v) is 30.6. The minimum Gasteiger partial charge on any atom is -0.311 e. The molecule has 22 aromatic carbocycles. The number of fused-ring (bicyclic) bond motifs is 15. The SMILES string of the molecule is CC1(C)c2ccccc2-c2ccc(N(c3ccc(-c4ccccc4)cc3)c3ccc(-c4ccc5c(c4)c4ccccc4n5-c4ccccc4)cc3)cc21.CC1(C)c2ccccc2-c2ccc(N(c3ccccc3)c3ccc(-c4ccc(N(c5ccccc5)c5ccccc5)cc4)cc3)cc21.CC1(C)c2ccccc2-c2ccc(N(c3ccccc3)c3ccc(-c4ccc5c(c4)c4ccccc4n5-c4ccccc4)cc3)cc21. The molecule has 0 fully saturated rings. The van der Waals surface area contributed by atoms with Gasteiger partial charge < -0.3 is 28.7 Å². The number of hydrogen-bond acceptors (Lipinski definition) is 4. The van der Waals surface area contributed by atoms with Crippen LogP contribution in [-0.4, -0.2) is 9.13 Å². The number of anilines is 12. The standard InChI is InChI=1S/C51H38N2.C45H34N2.C45H36N2/c1-51(2)47-19-11-9-17-43(47)44-31-30-42(34-48(44)51)52(40-26-21-36(22-27-40)35-13-5-3-6-14-35)41-28-23-37(24-29-41)38-25-32-50-46(33-38)45-18-10-12-20-49(45)53(50)39-15-7-4-8-16-39;1-45(2)41-19-11-9-17-37(41)38-27-26-36(30-42(38)45)46(33-13-5-3-6-14-33)35-24-21-31(22-25-35)32-23-28-44-40(29-32)39-18-10-12-20-43(39)47(44)34-15-7-4-8-16-34;1-45(2)43-21-13-12-20-41(43)42-31-30-40(32-44(42)45)47(37-18-10-5-11-19-37)39-28-24-34(25-29-39)33-22-26-38(27-23-33)46(35-14-6-3-7-15-35)36-16-8-4-9-17-36/h3-34H,1-2H3;3-30H,1-2H3;3-32H,1-2H3. The summed E-state index contributed by atoms with van der Waals surface area (Å²) >= 11 is 0. The van der Waals surface area contributed by atoms with Crippen molar-refractivity contribution in [2.75, 3.05) is 19.6 Å². The second-order valence-corrected chi connectivity index (χ2v) is 40.3. The smallest absolute Gasteiger partial charge is 0.0541 e. The number of benzene rings is 22. The van der Waals surface area contributed by atoms with Gasteiger partial charge in [-0.25, -0.2) is 0 Å². The van der Waals surface area contributed by atoms with Crippen LogP contribution in [0.5, 0.6) is 0 Å². The predicted molar refractivity (Wildman–Crippen MR) is 621 cm³/mol. The van der Waals surface area contributed by atoms with E-state index in [2.05, 4.69) is 616 Å². The molecule has 0 N–H and O–H groups in total. The highest BCUT2D eigenvalue weighted by atomic mass is 15.2. The highest BCUT2D eigenvalue weighted by molar-refractivity contribution is 6.12. The molecule has 0 atom stereocenters. The Hall–Kier alpha value is -18.4. The van der Waals surface area contributed by atoms with Crippen LogP contribution < -0.4 is 19.6 Å². The van der Waals surface area contributed by atoms with E-state index < -0.39 is 0 Å². The number of aromatic nitrogens is 2. The van der Waals surface area contributed by atoms with Gasteiger partial charge in [-0.05, 0) is 318 Å². The number of hydrogen-bond donors (Lipinski definition) is 0. The molecule has 6 nitrogen and oxygen atoms in total. The molecular formula is C141H108N6. The lowest BCUT2D eigenvalue weighted by Crippen LogP contribution is -2.16. The molecule has 0 saturated carbocycles. The molecular weight excluding hydrogens is 1780 g/mol. The molecule has 0 amide bonds. The summed E-state index contributed by atoms with van der Waals surface area (Å²) in [6.07, 6.45) is 0. The van der Waals surface area contributed by atoms with Gasteiger partial charge in [-0.15, -0.1) is 0 Å². The van der Waals surface area contributed by atoms with Crippen molar-refractivity contribution >= 4 is 112 Å². The average Bonchev–Trinajstić information content (AvgIpc) is 1.58. The van der Waals surface area contributed by atoms with Gasteiger partial charge >= 0.3 is 0 Å². The van der Waals surface area contributed by atoms with E-state index in [1.54, 1.807) is 0 Å². The molecule has 0 spiro atoms. The van der Waals surface area contributed by atoms with Crippen molar-refractivity contribution in [3.05, 3.63) is 579 Å². The number of rotatable bonds is 18. The second-order valence-electron chi connectivity index (χ2n) is 40.3. The molecule has 0 aliphatic heterocycles. The lowest BCUT2D eigenvalue weighted by molar-refractivity contribution is 0.660. The zero-order chi connectivity index (χ0) is 98.9. The molecule has 0 radical (unpaired) electrons. The van der Waals surface area contributed by atoms with Crippen molar-refractivity contribution in [1.82, 2.24) is 9.13 Å². The number of nitrogens with zero attached hydrogens (tertiary/aromatic N) is 6. The molecule has 27 rings (SSSR count).